The van der Waals surface area contributed by atoms with Crippen molar-refractivity contribution in [2.75, 3.05) is 0 Å². The maximum absolute atomic E-state index is 13.1. The van der Waals surface area contributed by atoms with E-state index in [0.717, 1.165) is 17.7 Å². The van der Waals surface area contributed by atoms with Gasteiger partial charge in [-0.2, -0.15) is 5.10 Å². The Morgan fingerprint density at radius 1 is 1.17 bits per heavy atom. The molecule has 1 aromatic heterocycles. The van der Waals surface area contributed by atoms with Crippen molar-refractivity contribution in [1.82, 2.24) is 14.7 Å². The highest BCUT2D eigenvalue weighted by molar-refractivity contribution is 6.06. The highest BCUT2D eigenvalue weighted by Gasteiger charge is 2.56. The number of alkyl halides is 2. The summed E-state index contributed by atoms with van der Waals surface area (Å²) in [6, 6.07) is 0. The molecule has 4 aliphatic rings. The first-order chi connectivity index (χ1) is 11.0. The van der Waals surface area contributed by atoms with Gasteiger partial charge in [0.25, 0.3) is 6.43 Å². The Balaban J connectivity index is 1.64. The van der Waals surface area contributed by atoms with E-state index in [9.17, 15) is 18.4 Å². The monoisotopic (exact) mass is 321 g/mol. The lowest BCUT2D eigenvalue weighted by molar-refractivity contribution is -0.140. The highest BCUT2D eigenvalue weighted by Crippen LogP contribution is 2.49. The van der Waals surface area contributed by atoms with Gasteiger partial charge in [0.05, 0.1) is 18.4 Å². The van der Waals surface area contributed by atoms with Crippen molar-refractivity contribution >= 4 is 11.8 Å². The molecule has 0 aromatic carbocycles. The Labute approximate surface area is 131 Å². The second kappa shape index (κ2) is 4.97. The van der Waals surface area contributed by atoms with Crippen LogP contribution in [0.25, 0.3) is 0 Å². The number of hydrogen-bond acceptors (Lipinski definition) is 3. The molecule has 4 unspecified atom stereocenters. The van der Waals surface area contributed by atoms with Crippen LogP contribution in [0.1, 0.15) is 30.5 Å². The van der Waals surface area contributed by atoms with Gasteiger partial charge < -0.3 is 0 Å². The number of aryl methyl sites for hydroxylation is 1. The number of amides is 2. The van der Waals surface area contributed by atoms with E-state index in [4.69, 9.17) is 0 Å². The molecule has 23 heavy (non-hydrogen) atoms. The number of allylic oxidation sites excluding steroid dienone is 2. The summed E-state index contributed by atoms with van der Waals surface area (Å²) in [5.74, 6) is -0.841. The molecule has 1 aromatic rings. The lowest BCUT2D eigenvalue weighted by Gasteiger charge is -2.38. The summed E-state index contributed by atoms with van der Waals surface area (Å²) in [7, 11) is 1.55. The minimum atomic E-state index is -2.72. The average Bonchev–Trinajstić information content (AvgIpc) is 3.03. The summed E-state index contributed by atoms with van der Waals surface area (Å²) in [4.78, 5) is 26.5. The van der Waals surface area contributed by atoms with E-state index >= 15 is 0 Å². The first-order valence-corrected chi connectivity index (χ1v) is 7.81. The highest BCUT2D eigenvalue weighted by atomic mass is 19.3. The van der Waals surface area contributed by atoms with Crippen LogP contribution in [0.5, 0.6) is 0 Å². The smallest absolute Gasteiger partial charge is 0.277 e. The predicted molar refractivity (Wildman–Crippen MR) is 76.1 cm³/mol. The Bertz CT molecular complexity index is 680. The molecule has 7 heteroatoms. The summed E-state index contributed by atoms with van der Waals surface area (Å²) >= 11 is 0. The van der Waals surface area contributed by atoms with Gasteiger partial charge >= 0.3 is 0 Å². The number of fused-ring (bicyclic) bond motifs is 1. The number of hydrogen-bond donors (Lipinski definition) is 0. The number of halogens is 2. The second-order valence-electron chi connectivity index (χ2n) is 6.62. The van der Waals surface area contributed by atoms with Crippen LogP contribution < -0.4 is 0 Å². The van der Waals surface area contributed by atoms with Gasteiger partial charge in [0, 0.05) is 18.8 Å². The van der Waals surface area contributed by atoms with Crippen LogP contribution in [-0.2, 0) is 23.2 Å². The molecular formula is C16H17F2N3O2. The molecule has 2 heterocycles. The Kier molecular flexibility index (Phi) is 3.14. The van der Waals surface area contributed by atoms with Gasteiger partial charge in [0.2, 0.25) is 11.8 Å². The maximum atomic E-state index is 13.1. The number of nitrogens with zero attached hydrogens (tertiary/aromatic N) is 3. The molecule has 1 saturated heterocycles. The number of rotatable bonds is 3. The Morgan fingerprint density at radius 3 is 2.22 bits per heavy atom. The Morgan fingerprint density at radius 2 is 1.74 bits per heavy atom. The largest absolute Gasteiger partial charge is 0.282 e. The molecule has 1 aliphatic heterocycles. The fourth-order valence-electron chi connectivity index (χ4n) is 4.32. The molecule has 0 N–H and O–H groups in total. The number of likely N-dealkylation sites (tertiary alicyclic amines) is 1. The van der Waals surface area contributed by atoms with Crippen LogP contribution in [0.3, 0.4) is 0 Å². The van der Waals surface area contributed by atoms with Gasteiger partial charge in [-0.05, 0) is 24.7 Å². The summed E-state index contributed by atoms with van der Waals surface area (Å²) in [5, 5.41) is 3.74. The zero-order valence-corrected chi connectivity index (χ0v) is 12.7. The summed E-state index contributed by atoms with van der Waals surface area (Å²) in [6.07, 6.45) is 4.65. The quantitative estimate of drug-likeness (QED) is 0.632. The minimum Gasteiger partial charge on any atom is -0.277 e. The average molecular weight is 321 g/mol. The fourth-order valence-corrected chi connectivity index (χ4v) is 4.32. The standard InChI is InChI=1S/C16H17F2N3O2/c1-20-6-10(13(19-20)14(17)18)7-21-15(22)11-8-2-3-9(5-4-8)12(11)16(21)23/h2-3,6,8-9,11-12,14H,4-5,7H2,1H3. The van der Waals surface area contributed by atoms with E-state index in [1.165, 1.54) is 10.9 Å². The summed E-state index contributed by atoms with van der Waals surface area (Å²) < 4.78 is 27.4. The number of carbonyl (C=O) groups excluding carboxylic acids is 2. The number of aromatic nitrogens is 2. The van der Waals surface area contributed by atoms with Crippen molar-refractivity contribution < 1.29 is 18.4 Å². The van der Waals surface area contributed by atoms with Crippen LogP contribution >= 0.6 is 0 Å². The Hall–Kier alpha value is -2.05. The number of imide groups is 1. The molecule has 4 atom stereocenters. The van der Waals surface area contributed by atoms with Gasteiger partial charge in [0.15, 0.2) is 0 Å². The van der Waals surface area contributed by atoms with Crippen molar-refractivity contribution in [3.63, 3.8) is 0 Å². The molecule has 3 aliphatic carbocycles. The molecular weight excluding hydrogens is 304 g/mol. The zero-order valence-electron chi connectivity index (χ0n) is 12.7. The van der Waals surface area contributed by atoms with Crippen LogP contribution in [0.2, 0.25) is 0 Å². The van der Waals surface area contributed by atoms with Gasteiger partial charge in [-0.1, -0.05) is 12.2 Å². The third-order valence-electron chi connectivity index (χ3n) is 5.32. The first kappa shape index (κ1) is 14.5. The van der Waals surface area contributed by atoms with Crippen LogP contribution in [0.15, 0.2) is 18.3 Å². The molecule has 0 spiro atoms. The molecule has 5 rings (SSSR count). The zero-order chi connectivity index (χ0) is 16.3. The number of carbonyl (C=O) groups is 2. The van der Waals surface area contributed by atoms with E-state index in [0.29, 0.717) is 0 Å². The predicted octanol–water partition coefficient (Wildman–Crippen LogP) is 2.05. The molecule has 5 nitrogen and oxygen atoms in total. The summed E-state index contributed by atoms with van der Waals surface area (Å²) in [5.41, 5.74) is -0.118. The van der Waals surface area contributed by atoms with E-state index in [1.54, 1.807) is 7.05 Å². The van der Waals surface area contributed by atoms with Gasteiger partial charge in [-0.15, -0.1) is 0 Å². The fraction of sp³-hybridized carbons (Fsp3) is 0.562. The van der Waals surface area contributed by atoms with Gasteiger partial charge in [0.1, 0.15) is 5.69 Å². The summed E-state index contributed by atoms with van der Waals surface area (Å²) in [6.45, 7) is -0.113. The first-order valence-electron chi connectivity index (χ1n) is 7.81. The van der Waals surface area contributed by atoms with Crippen molar-refractivity contribution in [1.29, 1.82) is 0 Å². The SMILES string of the molecule is Cn1cc(CN2C(=O)C3C4C=CC(CC4)C3C2=O)c(C(F)F)n1. The van der Waals surface area contributed by atoms with Crippen molar-refractivity contribution in [2.45, 2.75) is 25.8 Å². The van der Waals surface area contributed by atoms with E-state index in [-0.39, 0.29) is 53.3 Å². The lowest BCUT2D eigenvalue weighted by Crippen LogP contribution is -2.38. The van der Waals surface area contributed by atoms with E-state index in [1.807, 2.05) is 12.2 Å². The molecule has 2 fully saturated rings. The molecule has 0 radical (unpaired) electrons. The van der Waals surface area contributed by atoms with Crippen LogP contribution in [-0.4, -0.2) is 26.5 Å². The van der Waals surface area contributed by atoms with E-state index in [2.05, 4.69) is 5.10 Å². The molecule has 2 bridgehead atoms. The molecule has 2 amide bonds. The van der Waals surface area contributed by atoms with E-state index < -0.39 is 6.43 Å². The molecule has 122 valence electrons. The van der Waals surface area contributed by atoms with Gasteiger partial charge in [-0.3, -0.25) is 19.2 Å². The van der Waals surface area contributed by atoms with Crippen molar-refractivity contribution in [2.24, 2.45) is 30.7 Å². The minimum absolute atomic E-state index is 0.106. The van der Waals surface area contributed by atoms with Crippen LogP contribution in [0, 0.1) is 23.7 Å². The van der Waals surface area contributed by atoms with Gasteiger partial charge in [-0.25, -0.2) is 8.78 Å². The third-order valence-corrected chi connectivity index (χ3v) is 5.32. The van der Waals surface area contributed by atoms with Crippen LogP contribution in [0.4, 0.5) is 8.78 Å². The molecule has 1 saturated carbocycles. The van der Waals surface area contributed by atoms with Crippen molar-refractivity contribution in [3.05, 3.63) is 29.6 Å². The topological polar surface area (TPSA) is 55.2 Å². The van der Waals surface area contributed by atoms with Crippen molar-refractivity contribution in [3.8, 4) is 0 Å². The normalized spacial score (nSPS) is 32.3. The third kappa shape index (κ3) is 2.05. The lowest BCUT2D eigenvalue weighted by atomic mass is 9.63. The maximum Gasteiger partial charge on any atom is 0.282 e. The second-order valence-corrected chi connectivity index (χ2v) is 6.62.